The van der Waals surface area contributed by atoms with Gasteiger partial charge in [-0.25, -0.2) is 9.59 Å². The topological polar surface area (TPSA) is 79.0 Å². The average molecular weight is 377 g/mol. The Labute approximate surface area is 162 Å². The molecule has 0 bridgehead atoms. The lowest BCUT2D eigenvalue weighted by atomic mass is 9.96. The van der Waals surface area contributed by atoms with E-state index in [0.29, 0.717) is 29.1 Å². The predicted octanol–water partition coefficient (Wildman–Crippen LogP) is 2.47. The van der Waals surface area contributed by atoms with Gasteiger partial charge in [-0.1, -0.05) is 30.3 Å². The number of benzene rings is 2. The van der Waals surface area contributed by atoms with Crippen LogP contribution in [0.15, 0.2) is 65.9 Å². The summed E-state index contributed by atoms with van der Waals surface area (Å²) in [7, 11) is 2.98. The molecule has 1 N–H and O–H groups in total. The molecule has 28 heavy (non-hydrogen) atoms. The summed E-state index contributed by atoms with van der Waals surface area (Å²) in [5, 5.41) is 2.91. The van der Waals surface area contributed by atoms with Crippen molar-refractivity contribution in [3.05, 3.63) is 77.0 Å². The van der Waals surface area contributed by atoms with Crippen molar-refractivity contribution in [2.24, 2.45) is 0 Å². The van der Waals surface area contributed by atoms with Crippen molar-refractivity contribution in [2.75, 3.05) is 25.6 Å². The summed E-state index contributed by atoms with van der Waals surface area (Å²) in [5.74, 6) is -0.600. The number of esters is 1. The summed E-state index contributed by atoms with van der Waals surface area (Å²) in [5.41, 5.74) is 3.16. The van der Waals surface area contributed by atoms with Gasteiger partial charge in [0.15, 0.2) is 0 Å². The quantitative estimate of drug-likeness (QED) is 0.834. The minimum atomic E-state index is -0.494. The number of urea groups is 1. The van der Waals surface area contributed by atoms with Gasteiger partial charge in [0.25, 0.3) is 5.91 Å². The monoisotopic (exact) mass is 377 g/mol. The lowest BCUT2D eigenvalue weighted by Crippen LogP contribution is -2.45. The Morgan fingerprint density at radius 1 is 1.07 bits per heavy atom. The highest BCUT2D eigenvalue weighted by Gasteiger charge is 2.43. The maximum atomic E-state index is 13.2. The highest BCUT2D eigenvalue weighted by Crippen LogP contribution is 2.37. The summed E-state index contributed by atoms with van der Waals surface area (Å²) in [6.45, 7) is 0.291. The molecule has 0 saturated heterocycles. The maximum Gasteiger partial charge on any atom is 0.337 e. The standard InChI is InChI=1S/C21H19N3O4/c1-23-16-12-24(15-10-8-14(9-11-15)20(26)28-2)19(25)17(16)18(22-21(23)27)13-6-4-3-5-7-13/h3-11,18H,12H2,1-2H3,(H,22,27)/t18-/m0/s1. The first-order chi connectivity index (χ1) is 13.5. The van der Waals surface area contributed by atoms with E-state index in [2.05, 4.69) is 5.32 Å². The van der Waals surface area contributed by atoms with Crippen LogP contribution in [-0.2, 0) is 9.53 Å². The highest BCUT2D eigenvalue weighted by molar-refractivity contribution is 6.11. The fourth-order valence-electron chi connectivity index (χ4n) is 3.57. The number of rotatable bonds is 3. The number of hydrogen-bond donors (Lipinski definition) is 1. The lowest BCUT2D eigenvalue weighted by molar-refractivity contribution is -0.114. The van der Waals surface area contributed by atoms with Crippen molar-refractivity contribution in [3.63, 3.8) is 0 Å². The largest absolute Gasteiger partial charge is 0.465 e. The van der Waals surface area contributed by atoms with Crippen LogP contribution in [0.4, 0.5) is 10.5 Å². The molecule has 4 rings (SSSR count). The Morgan fingerprint density at radius 2 is 1.75 bits per heavy atom. The van der Waals surface area contributed by atoms with Crippen molar-refractivity contribution in [3.8, 4) is 0 Å². The van der Waals surface area contributed by atoms with Crippen LogP contribution < -0.4 is 10.2 Å². The second-order valence-corrected chi connectivity index (χ2v) is 6.64. The number of anilines is 1. The van der Waals surface area contributed by atoms with Gasteiger partial charge in [0, 0.05) is 12.7 Å². The molecular weight excluding hydrogens is 358 g/mol. The first-order valence-corrected chi connectivity index (χ1v) is 8.83. The van der Waals surface area contributed by atoms with E-state index in [9.17, 15) is 14.4 Å². The summed E-state index contributed by atoms with van der Waals surface area (Å²) >= 11 is 0. The molecule has 0 spiro atoms. The highest BCUT2D eigenvalue weighted by atomic mass is 16.5. The predicted molar refractivity (Wildman–Crippen MR) is 103 cm³/mol. The minimum absolute atomic E-state index is 0.165. The molecule has 2 aromatic carbocycles. The van der Waals surface area contributed by atoms with E-state index in [4.69, 9.17) is 4.74 Å². The van der Waals surface area contributed by atoms with E-state index in [1.165, 1.54) is 12.0 Å². The second-order valence-electron chi connectivity index (χ2n) is 6.64. The summed E-state index contributed by atoms with van der Waals surface area (Å²) in [4.78, 5) is 40.4. The molecule has 7 nitrogen and oxygen atoms in total. The van der Waals surface area contributed by atoms with Gasteiger partial charge in [-0.15, -0.1) is 0 Å². The Balaban J connectivity index is 1.69. The third-order valence-electron chi connectivity index (χ3n) is 5.09. The number of nitrogens with zero attached hydrogens (tertiary/aromatic N) is 2. The molecule has 2 heterocycles. The first-order valence-electron chi connectivity index (χ1n) is 8.83. The van der Waals surface area contributed by atoms with Gasteiger partial charge in [0.05, 0.1) is 36.5 Å². The SMILES string of the molecule is COC(=O)c1ccc(N2CC3=C(C2=O)[C@H](c2ccccc2)NC(=O)N3C)cc1. The molecule has 3 amide bonds. The third kappa shape index (κ3) is 2.81. The van der Waals surface area contributed by atoms with Gasteiger partial charge in [-0.05, 0) is 29.8 Å². The number of methoxy groups -OCH3 is 1. The van der Waals surface area contributed by atoms with Crippen LogP contribution in [0.25, 0.3) is 0 Å². The van der Waals surface area contributed by atoms with Gasteiger partial charge in [0.1, 0.15) is 0 Å². The first kappa shape index (κ1) is 17.8. The number of carbonyl (C=O) groups is 3. The van der Waals surface area contributed by atoms with Crippen LogP contribution in [0.1, 0.15) is 22.0 Å². The number of ether oxygens (including phenoxy) is 1. The van der Waals surface area contributed by atoms with Crippen molar-refractivity contribution < 1.29 is 19.1 Å². The number of amides is 3. The van der Waals surface area contributed by atoms with Crippen molar-refractivity contribution in [1.82, 2.24) is 10.2 Å². The van der Waals surface area contributed by atoms with Gasteiger partial charge in [0.2, 0.25) is 0 Å². The Kier molecular flexibility index (Phi) is 4.35. The fourth-order valence-corrected chi connectivity index (χ4v) is 3.57. The van der Waals surface area contributed by atoms with Crippen LogP contribution in [0, 0.1) is 0 Å². The van der Waals surface area contributed by atoms with E-state index in [0.717, 1.165) is 5.56 Å². The molecule has 0 saturated carbocycles. The van der Waals surface area contributed by atoms with E-state index < -0.39 is 12.0 Å². The summed E-state index contributed by atoms with van der Waals surface area (Å²) in [6.07, 6.45) is 0. The molecule has 7 heteroatoms. The van der Waals surface area contributed by atoms with Crippen LogP contribution >= 0.6 is 0 Å². The minimum Gasteiger partial charge on any atom is -0.465 e. The number of hydrogen-bond acceptors (Lipinski definition) is 4. The van der Waals surface area contributed by atoms with Crippen molar-refractivity contribution in [1.29, 1.82) is 0 Å². The van der Waals surface area contributed by atoms with Crippen molar-refractivity contribution >= 4 is 23.6 Å². The van der Waals surface area contributed by atoms with Crippen LogP contribution in [0.5, 0.6) is 0 Å². The third-order valence-corrected chi connectivity index (χ3v) is 5.09. The number of carbonyl (C=O) groups excluding carboxylic acids is 3. The Hall–Kier alpha value is -3.61. The summed E-state index contributed by atoms with van der Waals surface area (Å²) < 4.78 is 4.71. The van der Waals surface area contributed by atoms with Gasteiger partial charge >= 0.3 is 12.0 Å². The second kappa shape index (κ2) is 6.84. The molecule has 0 fully saturated rings. The van der Waals surface area contributed by atoms with Gasteiger partial charge < -0.3 is 15.0 Å². The Morgan fingerprint density at radius 3 is 2.39 bits per heavy atom. The van der Waals surface area contributed by atoms with Crippen LogP contribution in [0.3, 0.4) is 0 Å². The molecule has 2 aromatic rings. The molecule has 0 aromatic heterocycles. The van der Waals surface area contributed by atoms with Crippen LogP contribution in [-0.4, -0.2) is 43.5 Å². The Bertz CT molecular complexity index is 982. The molecule has 0 aliphatic carbocycles. The molecule has 1 atom stereocenters. The molecule has 2 aliphatic heterocycles. The molecule has 0 unspecified atom stereocenters. The normalized spacial score (nSPS) is 18.9. The lowest BCUT2D eigenvalue weighted by Gasteiger charge is -2.31. The van der Waals surface area contributed by atoms with E-state index in [1.54, 1.807) is 36.2 Å². The number of likely N-dealkylation sites (N-methyl/N-ethyl adjacent to an activating group) is 1. The molecule has 142 valence electrons. The fraction of sp³-hybridized carbons (Fsp3) is 0.190. The molecular formula is C21H19N3O4. The number of nitrogens with one attached hydrogen (secondary N) is 1. The molecule has 2 aliphatic rings. The zero-order valence-corrected chi connectivity index (χ0v) is 15.5. The smallest absolute Gasteiger partial charge is 0.337 e. The van der Waals surface area contributed by atoms with Crippen LogP contribution in [0.2, 0.25) is 0 Å². The van der Waals surface area contributed by atoms with E-state index in [1.807, 2.05) is 30.3 Å². The van der Waals surface area contributed by atoms with E-state index in [-0.39, 0.29) is 11.9 Å². The maximum absolute atomic E-state index is 13.2. The van der Waals surface area contributed by atoms with E-state index >= 15 is 0 Å². The van der Waals surface area contributed by atoms with Gasteiger partial charge in [-0.3, -0.25) is 9.69 Å². The zero-order valence-electron chi connectivity index (χ0n) is 15.5. The molecule has 0 radical (unpaired) electrons. The average Bonchev–Trinajstić information content (AvgIpc) is 3.08. The van der Waals surface area contributed by atoms with Crippen molar-refractivity contribution in [2.45, 2.75) is 6.04 Å². The van der Waals surface area contributed by atoms with Gasteiger partial charge in [-0.2, -0.15) is 0 Å². The summed E-state index contributed by atoms with van der Waals surface area (Å²) in [6, 6.07) is 15.3. The zero-order chi connectivity index (χ0) is 19.8.